The molecule has 0 fully saturated rings. The molecule has 0 aliphatic rings. The number of amidine groups is 2. The van der Waals surface area contributed by atoms with Crippen LogP contribution in [0.4, 0.5) is 0 Å². The zero-order valence-corrected chi connectivity index (χ0v) is 15.0. The Morgan fingerprint density at radius 2 is 1.00 bits per heavy atom. The minimum Gasteiger partial charge on any atom is -0.387 e. The minimum absolute atomic E-state index is 0.211. The Morgan fingerprint density at radius 1 is 0.667 bits per heavy atom. The Bertz CT molecular complexity index is 309. The van der Waals surface area contributed by atoms with E-state index in [9.17, 15) is 0 Å². The molecule has 0 aliphatic carbocycles. The first-order valence-electron chi connectivity index (χ1n) is 8.07. The first-order chi connectivity index (χ1) is 9.49. The normalized spacial score (nSPS) is 14.6. The number of hydrogen-bond donors (Lipinski definition) is 2. The van der Waals surface area contributed by atoms with Crippen LogP contribution in [0.25, 0.3) is 0 Å². The van der Waals surface area contributed by atoms with Crippen molar-refractivity contribution in [2.75, 3.05) is 13.1 Å². The van der Waals surface area contributed by atoms with Crippen LogP contribution in [0.1, 0.15) is 73.6 Å². The highest BCUT2D eigenvalue weighted by molar-refractivity contribution is 5.80. The molecule has 4 N–H and O–H groups in total. The summed E-state index contributed by atoms with van der Waals surface area (Å²) in [7, 11) is 0. The van der Waals surface area contributed by atoms with Crippen LogP contribution in [-0.4, -0.2) is 24.8 Å². The number of hydrogen-bond acceptors (Lipinski definition) is 2. The van der Waals surface area contributed by atoms with E-state index in [1.807, 2.05) is 0 Å². The molecule has 0 saturated carbocycles. The Morgan fingerprint density at radius 3 is 1.29 bits per heavy atom. The highest BCUT2D eigenvalue weighted by Gasteiger charge is 2.09. The fourth-order valence-corrected chi connectivity index (χ4v) is 1.62. The second-order valence-electron chi connectivity index (χ2n) is 8.30. The molecule has 0 saturated heterocycles. The third-order valence-corrected chi connectivity index (χ3v) is 2.88. The van der Waals surface area contributed by atoms with Gasteiger partial charge in [0.15, 0.2) is 0 Å². The summed E-state index contributed by atoms with van der Waals surface area (Å²) in [4.78, 5) is 8.86. The summed E-state index contributed by atoms with van der Waals surface area (Å²) in [5.41, 5.74) is 12.3. The van der Waals surface area contributed by atoms with Gasteiger partial charge in [0.25, 0.3) is 0 Å². The van der Waals surface area contributed by atoms with Gasteiger partial charge in [-0.1, -0.05) is 48.0 Å². The summed E-state index contributed by atoms with van der Waals surface area (Å²) < 4.78 is 0. The first kappa shape index (κ1) is 19.9. The first-order valence-corrected chi connectivity index (χ1v) is 8.07. The van der Waals surface area contributed by atoms with Crippen molar-refractivity contribution in [2.24, 2.45) is 32.3 Å². The fraction of sp³-hybridized carbons (Fsp3) is 0.882. The van der Waals surface area contributed by atoms with E-state index in [1.54, 1.807) is 0 Å². The van der Waals surface area contributed by atoms with Crippen molar-refractivity contribution in [1.29, 1.82) is 0 Å². The average molecular weight is 297 g/mol. The Kier molecular flexibility index (Phi) is 8.60. The van der Waals surface area contributed by atoms with Crippen LogP contribution in [0.15, 0.2) is 9.98 Å². The lowest BCUT2D eigenvalue weighted by molar-refractivity contribution is 0.429. The molecular formula is C17H36N4. The molecule has 0 amide bonds. The summed E-state index contributed by atoms with van der Waals surface area (Å²) in [5, 5.41) is 0. The molecule has 0 aromatic heterocycles. The molecule has 21 heavy (non-hydrogen) atoms. The van der Waals surface area contributed by atoms with E-state index >= 15 is 0 Å². The molecule has 0 bridgehead atoms. The number of aliphatic imine (C=N–C) groups is 2. The molecule has 4 heteroatoms. The second kappa shape index (κ2) is 9.06. The van der Waals surface area contributed by atoms with Gasteiger partial charge in [-0.3, -0.25) is 9.98 Å². The quantitative estimate of drug-likeness (QED) is 0.406. The topological polar surface area (TPSA) is 76.8 Å². The maximum atomic E-state index is 5.92. The van der Waals surface area contributed by atoms with Gasteiger partial charge >= 0.3 is 0 Å². The van der Waals surface area contributed by atoms with E-state index < -0.39 is 0 Å². The summed E-state index contributed by atoms with van der Waals surface area (Å²) in [6.07, 6.45) is 5.04. The molecule has 0 radical (unpaired) electrons. The molecule has 0 atom stereocenters. The van der Waals surface area contributed by atoms with Crippen LogP contribution < -0.4 is 11.5 Å². The maximum absolute atomic E-state index is 5.92. The third kappa shape index (κ3) is 15.2. The Hall–Kier alpha value is -1.06. The van der Waals surface area contributed by atoms with Crippen LogP contribution in [0.3, 0.4) is 0 Å². The molecule has 0 spiro atoms. The van der Waals surface area contributed by atoms with Gasteiger partial charge in [0.1, 0.15) is 0 Å². The second-order valence-corrected chi connectivity index (χ2v) is 8.30. The van der Waals surface area contributed by atoms with Crippen molar-refractivity contribution >= 4 is 11.7 Å². The lowest BCUT2D eigenvalue weighted by Gasteiger charge is -2.15. The number of nitrogens with zero attached hydrogens (tertiary/aromatic N) is 2. The predicted molar refractivity (Wildman–Crippen MR) is 95.0 cm³/mol. The van der Waals surface area contributed by atoms with Crippen LogP contribution in [0, 0.1) is 10.8 Å². The molecule has 0 unspecified atom stereocenters. The van der Waals surface area contributed by atoms with E-state index in [0.717, 1.165) is 56.9 Å². The maximum Gasteiger partial charge on any atom is 0.0937 e. The van der Waals surface area contributed by atoms with Gasteiger partial charge in [-0.2, -0.15) is 0 Å². The predicted octanol–water partition coefficient (Wildman–Crippen LogP) is 3.74. The monoisotopic (exact) mass is 296 g/mol. The van der Waals surface area contributed by atoms with Crippen molar-refractivity contribution in [3.05, 3.63) is 0 Å². The van der Waals surface area contributed by atoms with Gasteiger partial charge in [-0.15, -0.1) is 0 Å². The van der Waals surface area contributed by atoms with Crippen molar-refractivity contribution in [2.45, 2.75) is 73.6 Å². The summed E-state index contributed by atoms with van der Waals surface area (Å²) >= 11 is 0. The molecule has 0 aromatic rings. The van der Waals surface area contributed by atoms with Crippen molar-refractivity contribution in [3.63, 3.8) is 0 Å². The largest absolute Gasteiger partial charge is 0.387 e. The highest BCUT2D eigenvalue weighted by atomic mass is 14.9. The number of rotatable bonds is 8. The minimum atomic E-state index is 0.211. The molecular weight excluding hydrogens is 260 g/mol. The molecule has 0 aromatic carbocycles. The number of unbranched alkanes of at least 4 members (excludes halogenated alkanes) is 2. The van der Waals surface area contributed by atoms with E-state index in [-0.39, 0.29) is 10.8 Å². The SMILES string of the molecule is CC(C)(C)CN=C(N)CCCCCC(N)=NCC(C)(C)C. The van der Waals surface area contributed by atoms with E-state index in [2.05, 4.69) is 51.5 Å². The van der Waals surface area contributed by atoms with Gasteiger partial charge in [0.05, 0.1) is 11.7 Å². The Labute approximate surface area is 131 Å². The van der Waals surface area contributed by atoms with Gasteiger partial charge in [0, 0.05) is 25.9 Å². The smallest absolute Gasteiger partial charge is 0.0937 e. The number of nitrogens with two attached hydrogens (primary N) is 2. The van der Waals surface area contributed by atoms with Crippen molar-refractivity contribution in [3.8, 4) is 0 Å². The summed E-state index contributed by atoms with van der Waals surface area (Å²) in [6, 6.07) is 0. The fourth-order valence-electron chi connectivity index (χ4n) is 1.62. The zero-order valence-electron chi connectivity index (χ0n) is 15.0. The average Bonchev–Trinajstić information content (AvgIpc) is 2.32. The van der Waals surface area contributed by atoms with E-state index in [0.29, 0.717) is 0 Å². The van der Waals surface area contributed by atoms with Crippen molar-refractivity contribution in [1.82, 2.24) is 0 Å². The van der Waals surface area contributed by atoms with Gasteiger partial charge < -0.3 is 11.5 Å². The lowest BCUT2D eigenvalue weighted by Crippen LogP contribution is -2.18. The molecule has 0 rings (SSSR count). The summed E-state index contributed by atoms with van der Waals surface area (Å²) in [6.45, 7) is 14.6. The van der Waals surface area contributed by atoms with Crippen LogP contribution in [0.5, 0.6) is 0 Å². The van der Waals surface area contributed by atoms with E-state index in [1.165, 1.54) is 0 Å². The van der Waals surface area contributed by atoms with Gasteiger partial charge in [-0.05, 0) is 23.7 Å². The van der Waals surface area contributed by atoms with Crippen LogP contribution >= 0.6 is 0 Å². The van der Waals surface area contributed by atoms with Crippen molar-refractivity contribution < 1.29 is 0 Å². The highest BCUT2D eigenvalue weighted by Crippen LogP contribution is 2.14. The molecule has 0 heterocycles. The third-order valence-electron chi connectivity index (χ3n) is 2.88. The van der Waals surface area contributed by atoms with Gasteiger partial charge in [0.2, 0.25) is 0 Å². The molecule has 4 nitrogen and oxygen atoms in total. The van der Waals surface area contributed by atoms with Gasteiger partial charge in [-0.25, -0.2) is 0 Å². The Balaban J connectivity index is 3.77. The molecule has 124 valence electrons. The lowest BCUT2D eigenvalue weighted by atomic mass is 9.97. The zero-order chi connectivity index (χ0) is 16.5. The van der Waals surface area contributed by atoms with Crippen LogP contribution in [0.2, 0.25) is 0 Å². The standard InChI is InChI=1S/C17H36N4/c1-16(2,3)12-20-14(18)10-8-7-9-11-15(19)21-13-17(4,5)6/h7-13H2,1-6H3,(H2,18,20)(H2,19,21). The summed E-state index contributed by atoms with van der Waals surface area (Å²) in [5.74, 6) is 1.55. The molecule has 0 aliphatic heterocycles. The van der Waals surface area contributed by atoms with E-state index in [4.69, 9.17) is 11.5 Å². The van der Waals surface area contributed by atoms with Crippen LogP contribution in [-0.2, 0) is 0 Å².